The molecule has 0 radical (unpaired) electrons. The lowest BCUT2D eigenvalue weighted by Gasteiger charge is -2.27. The van der Waals surface area contributed by atoms with Crippen molar-refractivity contribution in [2.24, 2.45) is 0 Å². The molecule has 2 rings (SSSR count). The van der Waals surface area contributed by atoms with Gasteiger partial charge in [-0.1, -0.05) is 25.1 Å². The molecule has 2 aromatic rings. The van der Waals surface area contributed by atoms with Gasteiger partial charge < -0.3 is 10.6 Å². The van der Waals surface area contributed by atoms with E-state index in [9.17, 15) is 0 Å². The molecule has 0 saturated heterocycles. The molecule has 1 aromatic heterocycles. The topological polar surface area (TPSA) is 29.3 Å². The number of anilines is 1. The predicted molar refractivity (Wildman–Crippen MR) is 98.5 cm³/mol. The molecular weight excluding hydrogens is 288 g/mol. The molecule has 0 aliphatic carbocycles. The highest BCUT2D eigenvalue weighted by Gasteiger charge is 2.12. The Hall–Kier alpha value is -1.32. The Bertz CT molecular complexity index is 519. The van der Waals surface area contributed by atoms with E-state index in [0.29, 0.717) is 6.04 Å². The summed E-state index contributed by atoms with van der Waals surface area (Å²) in [7, 11) is 0. The molecule has 0 amide bonds. The molecule has 0 bridgehead atoms. The third-order valence-electron chi connectivity index (χ3n) is 4.25. The maximum Gasteiger partial charge on any atom is 0.0314 e. The van der Waals surface area contributed by atoms with Gasteiger partial charge in [0.15, 0.2) is 0 Å². The minimum absolute atomic E-state index is 0.625. The molecule has 0 saturated carbocycles. The van der Waals surface area contributed by atoms with Crippen molar-refractivity contribution in [3.63, 3.8) is 0 Å². The molecule has 3 heteroatoms. The van der Waals surface area contributed by atoms with Crippen LogP contribution < -0.4 is 5.73 Å². The Morgan fingerprint density at radius 1 is 1.14 bits per heavy atom. The van der Waals surface area contributed by atoms with Crippen LogP contribution >= 0.6 is 11.3 Å². The van der Waals surface area contributed by atoms with Gasteiger partial charge in [0.1, 0.15) is 0 Å². The molecule has 0 fully saturated rings. The average Bonchev–Trinajstić information content (AvgIpc) is 3.02. The molecule has 1 aromatic carbocycles. The number of benzene rings is 1. The van der Waals surface area contributed by atoms with Crippen LogP contribution in [0.4, 0.5) is 5.69 Å². The van der Waals surface area contributed by atoms with Gasteiger partial charge in [0.05, 0.1) is 0 Å². The van der Waals surface area contributed by atoms with Crippen LogP contribution in [0.5, 0.6) is 0 Å². The minimum Gasteiger partial charge on any atom is -0.399 e. The van der Waals surface area contributed by atoms with Gasteiger partial charge in [-0.3, -0.25) is 0 Å². The van der Waals surface area contributed by atoms with Crippen molar-refractivity contribution in [3.8, 4) is 0 Å². The number of unbranched alkanes of at least 4 members (excludes halogenated alkanes) is 1. The molecule has 120 valence electrons. The lowest BCUT2D eigenvalue weighted by molar-refractivity contribution is 0.215. The molecule has 2 nitrogen and oxygen atoms in total. The fourth-order valence-corrected chi connectivity index (χ4v) is 3.69. The number of thiophene rings is 1. The summed E-state index contributed by atoms with van der Waals surface area (Å²) in [4.78, 5) is 4.09. The maximum absolute atomic E-state index is 5.72. The van der Waals surface area contributed by atoms with Gasteiger partial charge in [0.2, 0.25) is 0 Å². The van der Waals surface area contributed by atoms with Gasteiger partial charge in [0.25, 0.3) is 0 Å². The molecule has 22 heavy (non-hydrogen) atoms. The second-order valence-electron chi connectivity index (χ2n) is 5.96. The predicted octanol–water partition coefficient (Wildman–Crippen LogP) is 4.61. The summed E-state index contributed by atoms with van der Waals surface area (Å²) in [6, 6.07) is 13.3. The highest BCUT2D eigenvalue weighted by molar-refractivity contribution is 7.09. The van der Waals surface area contributed by atoms with E-state index < -0.39 is 0 Å². The Morgan fingerprint density at radius 2 is 1.91 bits per heavy atom. The Morgan fingerprint density at radius 3 is 2.55 bits per heavy atom. The fraction of sp³-hybridized carbons (Fsp3) is 0.474. The fourth-order valence-electron chi connectivity index (χ4n) is 2.87. The summed E-state index contributed by atoms with van der Waals surface area (Å²) in [6.07, 6.45) is 4.82. The van der Waals surface area contributed by atoms with Crippen LogP contribution in [0.1, 0.15) is 37.1 Å². The van der Waals surface area contributed by atoms with E-state index in [1.165, 1.54) is 36.2 Å². The zero-order chi connectivity index (χ0) is 15.8. The van der Waals surface area contributed by atoms with Crippen LogP contribution in [0.2, 0.25) is 0 Å². The number of nitrogens with zero attached hydrogens (tertiary/aromatic N) is 1. The van der Waals surface area contributed by atoms with Gasteiger partial charge in [-0.15, -0.1) is 11.3 Å². The van der Waals surface area contributed by atoms with Crippen molar-refractivity contribution in [2.75, 3.05) is 18.8 Å². The zero-order valence-electron chi connectivity index (χ0n) is 13.8. The van der Waals surface area contributed by atoms with Crippen LogP contribution in [-0.2, 0) is 12.8 Å². The summed E-state index contributed by atoms with van der Waals surface area (Å²) in [5, 5.41) is 2.17. The van der Waals surface area contributed by atoms with Gasteiger partial charge in [-0.05, 0) is 74.8 Å². The van der Waals surface area contributed by atoms with E-state index in [0.717, 1.165) is 18.7 Å². The SMILES string of the molecule is CCN(CCCCc1ccc(N)cc1)C(C)Cc1cccs1. The van der Waals surface area contributed by atoms with Gasteiger partial charge in [-0.2, -0.15) is 0 Å². The van der Waals surface area contributed by atoms with Crippen LogP contribution in [-0.4, -0.2) is 24.0 Å². The molecule has 1 heterocycles. The number of hydrogen-bond acceptors (Lipinski definition) is 3. The quantitative estimate of drug-likeness (QED) is 0.541. The summed E-state index contributed by atoms with van der Waals surface area (Å²) < 4.78 is 0. The minimum atomic E-state index is 0.625. The smallest absolute Gasteiger partial charge is 0.0314 e. The molecule has 0 aliphatic rings. The van der Waals surface area contributed by atoms with E-state index in [2.05, 4.69) is 48.4 Å². The lowest BCUT2D eigenvalue weighted by atomic mass is 10.1. The van der Waals surface area contributed by atoms with E-state index in [-0.39, 0.29) is 0 Å². The number of nitrogen functional groups attached to an aromatic ring is 1. The largest absolute Gasteiger partial charge is 0.399 e. The molecule has 1 unspecified atom stereocenters. The zero-order valence-corrected chi connectivity index (χ0v) is 14.6. The molecule has 1 atom stereocenters. The van der Waals surface area contributed by atoms with Crippen LogP contribution in [0, 0.1) is 0 Å². The summed E-state index contributed by atoms with van der Waals surface area (Å²) in [6.45, 7) is 6.94. The third kappa shape index (κ3) is 5.47. The van der Waals surface area contributed by atoms with Crippen molar-refractivity contribution in [3.05, 3.63) is 52.2 Å². The highest BCUT2D eigenvalue weighted by atomic mass is 32.1. The highest BCUT2D eigenvalue weighted by Crippen LogP contribution is 2.15. The van der Waals surface area contributed by atoms with Gasteiger partial charge >= 0.3 is 0 Å². The number of nitrogens with two attached hydrogens (primary N) is 1. The number of aryl methyl sites for hydroxylation is 1. The molecule has 0 spiro atoms. The third-order valence-corrected chi connectivity index (χ3v) is 5.15. The first kappa shape index (κ1) is 17.0. The van der Waals surface area contributed by atoms with Crippen LogP contribution in [0.15, 0.2) is 41.8 Å². The number of likely N-dealkylation sites (N-methyl/N-ethyl adjacent to an activating group) is 1. The van der Waals surface area contributed by atoms with E-state index in [1.807, 2.05) is 23.5 Å². The number of hydrogen-bond donors (Lipinski definition) is 1. The average molecular weight is 317 g/mol. The van der Waals surface area contributed by atoms with E-state index >= 15 is 0 Å². The van der Waals surface area contributed by atoms with E-state index in [1.54, 1.807) is 0 Å². The standard InChI is InChI=1S/C19H28N2S/c1-3-21(16(2)15-19-8-6-14-22-19)13-5-4-7-17-9-11-18(20)12-10-17/h6,8-12,14,16H,3-5,7,13,15,20H2,1-2H3. The first-order valence-electron chi connectivity index (χ1n) is 8.30. The summed E-state index contributed by atoms with van der Waals surface area (Å²) >= 11 is 1.87. The maximum atomic E-state index is 5.72. The number of rotatable bonds is 9. The molecule has 2 N–H and O–H groups in total. The van der Waals surface area contributed by atoms with Gasteiger partial charge in [0, 0.05) is 16.6 Å². The van der Waals surface area contributed by atoms with Crippen LogP contribution in [0.3, 0.4) is 0 Å². The first-order valence-corrected chi connectivity index (χ1v) is 9.18. The second-order valence-corrected chi connectivity index (χ2v) is 6.99. The Balaban J connectivity index is 1.70. The summed E-state index contributed by atoms with van der Waals surface area (Å²) in [5.41, 5.74) is 7.96. The first-order chi connectivity index (χ1) is 10.7. The molecular formula is C19H28N2S. The van der Waals surface area contributed by atoms with Crippen LogP contribution in [0.25, 0.3) is 0 Å². The lowest BCUT2D eigenvalue weighted by Crippen LogP contribution is -2.35. The molecule has 0 aliphatic heterocycles. The Labute approximate surface area is 139 Å². The van der Waals surface area contributed by atoms with Crippen molar-refractivity contribution in [2.45, 2.75) is 45.6 Å². The normalized spacial score (nSPS) is 12.7. The van der Waals surface area contributed by atoms with Gasteiger partial charge in [-0.25, -0.2) is 0 Å². The monoisotopic (exact) mass is 316 g/mol. The van der Waals surface area contributed by atoms with E-state index in [4.69, 9.17) is 5.73 Å². The second kappa shape index (κ2) is 8.96. The van der Waals surface area contributed by atoms with Crippen molar-refractivity contribution >= 4 is 17.0 Å². The van der Waals surface area contributed by atoms with Crippen molar-refractivity contribution in [1.82, 2.24) is 4.90 Å². The van der Waals surface area contributed by atoms with Crippen molar-refractivity contribution in [1.29, 1.82) is 0 Å². The summed E-state index contributed by atoms with van der Waals surface area (Å²) in [5.74, 6) is 0. The Kier molecular flexibility index (Phi) is 6.94. The van der Waals surface area contributed by atoms with Crippen molar-refractivity contribution < 1.29 is 0 Å².